The lowest BCUT2D eigenvalue weighted by Crippen LogP contribution is -2.23. The van der Waals surface area contributed by atoms with E-state index in [9.17, 15) is 0 Å². The van der Waals surface area contributed by atoms with Crippen LogP contribution in [-0.4, -0.2) is 26.0 Å². The largest absolute Gasteiger partial charge is 0.351 e. The van der Waals surface area contributed by atoms with Crippen molar-refractivity contribution in [3.05, 3.63) is 41.7 Å². The molecule has 0 bridgehead atoms. The highest BCUT2D eigenvalue weighted by Crippen LogP contribution is 2.26. The number of nitrogens with one attached hydrogen (secondary N) is 2. The van der Waals surface area contributed by atoms with E-state index in [2.05, 4.69) is 57.6 Å². The summed E-state index contributed by atoms with van der Waals surface area (Å²) < 4.78 is 0. The number of rotatable bonds is 4. The van der Waals surface area contributed by atoms with Crippen LogP contribution < -0.4 is 10.6 Å². The van der Waals surface area contributed by atoms with Crippen LogP contribution in [0.2, 0.25) is 0 Å². The molecular formula is C20H24N6. The Morgan fingerprint density at radius 2 is 1.77 bits per heavy atom. The summed E-state index contributed by atoms with van der Waals surface area (Å²) in [7, 11) is 0. The summed E-state index contributed by atoms with van der Waals surface area (Å²) in [5.41, 5.74) is 4.71. The van der Waals surface area contributed by atoms with Crippen molar-refractivity contribution < 1.29 is 0 Å². The lowest BCUT2D eigenvalue weighted by Gasteiger charge is -2.23. The van der Waals surface area contributed by atoms with Gasteiger partial charge in [0.15, 0.2) is 17.0 Å². The zero-order chi connectivity index (χ0) is 17.9. The predicted octanol–water partition coefficient (Wildman–Crippen LogP) is 4.52. The van der Waals surface area contributed by atoms with Crippen LogP contribution in [0.15, 0.2) is 30.6 Å². The molecule has 6 nitrogen and oxygen atoms in total. The first-order valence-corrected chi connectivity index (χ1v) is 9.28. The van der Waals surface area contributed by atoms with Crippen LogP contribution in [0.25, 0.3) is 11.2 Å². The second-order valence-electron chi connectivity index (χ2n) is 7.05. The van der Waals surface area contributed by atoms with E-state index < -0.39 is 0 Å². The number of aromatic nitrogens is 4. The Bertz CT molecular complexity index is 917. The zero-order valence-electron chi connectivity index (χ0n) is 15.3. The Hall–Kier alpha value is -2.76. The topological polar surface area (TPSA) is 75.6 Å². The lowest BCUT2D eigenvalue weighted by molar-refractivity contribution is 0.461. The maximum atomic E-state index is 4.72. The van der Waals surface area contributed by atoms with E-state index in [1.165, 1.54) is 43.2 Å². The normalized spacial score (nSPS) is 15.2. The highest BCUT2D eigenvalue weighted by molar-refractivity contribution is 5.86. The van der Waals surface area contributed by atoms with Gasteiger partial charge in [0.05, 0.1) is 0 Å². The van der Waals surface area contributed by atoms with Gasteiger partial charge in [-0.15, -0.1) is 0 Å². The Labute approximate surface area is 153 Å². The third-order valence-electron chi connectivity index (χ3n) is 4.91. The van der Waals surface area contributed by atoms with Gasteiger partial charge in [-0.25, -0.2) is 9.97 Å². The molecule has 0 saturated heterocycles. The first kappa shape index (κ1) is 16.7. The number of nitrogens with zero attached hydrogens (tertiary/aromatic N) is 4. The summed E-state index contributed by atoms with van der Waals surface area (Å²) in [4.78, 5) is 18.1. The molecule has 0 amide bonds. The van der Waals surface area contributed by atoms with Crippen LogP contribution in [0.5, 0.6) is 0 Å². The molecule has 0 atom stereocenters. The fourth-order valence-electron chi connectivity index (χ4n) is 3.53. The summed E-state index contributed by atoms with van der Waals surface area (Å²) in [5, 5.41) is 6.92. The second kappa shape index (κ2) is 7.23. The van der Waals surface area contributed by atoms with Gasteiger partial charge >= 0.3 is 0 Å². The summed E-state index contributed by atoms with van der Waals surface area (Å²) in [5.74, 6) is 1.31. The Kier molecular flexibility index (Phi) is 4.65. The molecule has 1 aromatic carbocycles. The van der Waals surface area contributed by atoms with Crippen LogP contribution in [0.1, 0.15) is 43.2 Å². The van der Waals surface area contributed by atoms with Crippen LogP contribution >= 0.6 is 0 Å². The van der Waals surface area contributed by atoms with Crippen molar-refractivity contribution in [2.45, 2.75) is 52.0 Å². The summed E-state index contributed by atoms with van der Waals surface area (Å²) in [6, 6.07) is 6.75. The highest BCUT2D eigenvalue weighted by Gasteiger charge is 2.16. The third-order valence-corrected chi connectivity index (χ3v) is 4.91. The number of hydrogen-bond acceptors (Lipinski definition) is 6. The molecule has 1 aliphatic carbocycles. The van der Waals surface area contributed by atoms with Gasteiger partial charge < -0.3 is 10.6 Å². The Morgan fingerprint density at radius 3 is 2.58 bits per heavy atom. The van der Waals surface area contributed by atoms with Crippen molar-refractivity contribution in [1.29, 1.82) is 0 Å². The van der Waals surface area contributed by atoms with E-state index in [1.807, 2.05) is 0 Å². The Morgan fingerprint density at radius 1 is 0.962 bits per heavy atom. The summed E-state index contributed by atoms with van der Waals surface area (Å²) in [6.45, 7) is 4.18. The van der Waals surface area contributed by atoms with Gasteiger partial charge in [0.25, 0.3) is 0 Å². The first-order chi connectivity index (χ1) is 12.7. The second-order valence-corrected chi connectivity index (χ2v) is 7.05. The third kappa shape index (κ3) is 3.59. The maximum Gasteiger partial charge on any atom is 0.227 e. The van der Waals surface area contributed by atoms with Crippen molar-refractivity contribution in [1.82, 2.24) is 19.9 Å². The van der Waals surface area contributed by atoms with E-state index >= 15 is 0 Å². The first-order valence-electron chi connectivity index (χ1n) is 9.28. The number of benzene rings is 1. The van der Waals surface area contributed by atoms with Crippen LogP contribution in [-0.2, 0) is 0 Å². The fourth-order valence-corrected chi connectivity index (χ4v) is 3.53. The van der Waals surface area contributed by atoms with Gasteiger partial charge in [0.1, 0.15) is 0 Å². The molecule has 1 aliphatic rings. The summed E-state index contributed by atoms with van der Waals surface area (Å²) >= 11 is 0. The van der Waals surface area contributed by atoms with Crippen molar-refractivity contribution in [3.8, 4) is 0 Å². The molecule has 6 heteroatoms. The van der Waals surface area contributed by atoms with Gasteiger partial charge in [-0.2, -0.15) is 9.97 Å². The molecule has 3 aromatic rings. The molecule has 26 heavy (non-hydrogen) atoms. The van der Waals surface area contributed by atoms with Crippen LogP contribution in [0.3, 0.4) is 0 Å². The lowest BCUT2D eigenvalue weighted by atomic mass is 9.96. The predicted molar refractivity (Wildman–Crippen MR) is 105 cm³/mol. The molecule has 4 rings (SSSR count). The van der Waals surface area contributed by atoms with E-state index in [4.69, 9.17) is 4.98 Å². The fraction of sp³-hybridized carbons (Fsp3) is 0.400. The van der Waals surface area contributed by atoms with Crippen LogP contribution in [0.4, 0.5) is 17.5 Å². The minimum atomic E-state index is 0.437. The van der Waals surface area contributed by atoms with E-state index in [0.717, 1.165) is 5.69 Å². The van der Waals surface area contributed by atoms with E-state index in [0.29, 0.717) is 29.0 Å². The number of anilines is 3. The van der Waals surface area contributed by atoms with Crippen molar-refractivity contribution in [3.63, 3.8) is 0 Å². The molecule has 0 aliphatic heterocycles. The molecule has 0 radical (unpaired) electrons. The van der Waals surface area contributed by atoms with Crippen molar-refractivity contribution in [2.24, 2.45) is 0 Å². The molecule has 0 spiro atoms. The maximum absolute atomic E-state index is 4.72. The molecule has 1 saturated carbocycles. The molecule has 0 unspecified atom stereocenters. The Balaban J connectivity index is 1.69. The summed E-state index contributed by atoms with van der Waals surface area (Å²) in [6.07, 6.45) is 9.52. The zero-order valence-corrected chi connectivity index (χ0v) is 15.3. The molecule has 2 N–H and O–H groups in total. The van der Waals surface area contributed by atoms with E-state index in [-0.39, 0.29) is 0 Å². The van der Waals surface area contributed by atoms with Gasteiger partial charge in [-0.05, 0) is 38.3 Å². The number of hydrogen-bond donors (Lipinski definition) is 2. The monoisotopic (exact) mass is 348 g/mol. The quantitative estimate of drug-likeness (QED) is 0.722. The number of aryl methyl sites for hydroxylation is 2. The molecular weight excluding hydrogens is 324 g/mol. The van der Waals surface area contributed by atoms with Gasteiger partial charge in [0.2, 0.25) is 5.95 Å². The SMILES string of the molecule is Cc1ccc(Nc2nc(NC3CCCCC3)nc3nccnc23)c(C)c1. The molecule has 1 fully saturated rings. The van der Waals surface area contributed by atoms with E-state index in [1.54, 1.807) is 12.4 Å². The van der Waals surface area contributed by atoms with Crippen LogP contribution in [0, 0.1) is 13.8 Å². The average molecular weight is 348 g/mol. The average Bonchev–Trinajstić information content (AvgIpc) is 2.65. The smallest absolute Gasteiger partial charge is 0.227 e. The van der Waals surface area contributed by atoms with Gasteiger partial charge in [0, 0.05) is 24.1 Å². The standard InChI is InChI=1S/C20H24N6/c1-13-8-9-16(14(2)12-13)24-19-17-18(22-11-10-21-17)25-20(26-19)23-15-6-4-3-5-7-15/h8-12,15H,3-7H2,1-2H3,(H2,22,23,24,25,26). The minimum absolute atomic E-state index is 0.437. The van der Waals surface area contributed by atoms with Gasteiger partial charge in [-0.1, -0.05) is 37.0 Å². The number of fused-ring (bicyclic) bond motifs is 1. The molecule has 2 aromatic heterocycles. The van der Waals surface area contributed by atoms with Crippen molar-refractivity contribution in [2.75, 3.05) is 10.6 Å². The molecule has 2 heterocycles. The van der Waals surface area contributed by atoms with Crippen molar-refractivity contribution >= 4 is 28.6 Å². The van der Waals surface area contributed by atoms with Gasteiger partial charge in [-0.3, -0.25) is 0 Å². The molecule has 134 valence electrons. The highest BCUT2D eigenvalue weighted by atomic mass is 15.2. The minimum Gasteiger partial charge on any atom is -0.351 e.